The molecule has 0 aliphatic carbocycles. The molecule has 0 aliphatic rings. The van der Waals surface area contributed by atoms with Gasteiger partial charge in [-0.2, -0.15) is 0 Å². The maximum Gasteiger partial charge on any atom is 0.343 e. The highest BCUT2D eigenvalue weighted by molar-refractivity contribution is 6.00. The van der Waals surface area contributed by atoms with E-state index in [1.54, 1.807) is 140 Å². The van der Waals surface area contributed by atoms with Gasteiger partial charge in [-0.05, 0) is 130 Å². The number of hydrogen-bond acceptors (Lipinski definition) is 9. The summed E-state index contributed by atoms with van der Waals surface area (Å²) < 4.78 is 15.8. The first-order valence-electron chi connectivity index (χ1n) is 23.8. The van der Waals surface area contributed by atoms with E-state index in [1.807, 2.05) is 36.4 Å². The second-order valence-electron chi connectivity index (χ2n) is 21.4. The van der Waals surface area contributed by atoms with Crippen LogP contribution in [0.15, 0.2) is 181 Å². The van der Waals surface area contributed by atoms with Crippen molar-refractivity contribution in [2.75, 3.05) is 0 Å². The van der Waals surface area contributed by atoms with E-state index in [0.717, 1.165) is 10.8 Å². The number of fused-ring (bicyclic) bond motifs is 1. The summed E-state index contributed by atoms with van der Waals surface area (Å²) in [5.74, 6) is 0.127. The first kappa shape index (κ1) is 61.5. The van der Waals surface area contributed by atoms with Crippen molar-refractivity contribution < 1.29 is 28.6 Å². The number of hydrogen-bond donors (Lipinski definition) is 6. The Hall–Kier alpha value is -8.58. The Bertz CT molecular complexity index is 2830. The van der Waals surface area contributed by atoms with Gasteiger partial charge < -0.3 is 37.1 Å². The Kier molecular flexibility index (Phi) is 24.7. The van der Waals surface area contributed by atoms with Gasteiger partial charge in [0.05, 0.1) is 22.4 Å². The number of nitrogens with two attached hydrogens (primary N) is 4. The second-order valence-corrected chi connectivity index (χ2v) is 21.4. The quantitative estimate of drug-likeness (QED) is 0.0346. The van der Waals surface area contributed by atoms with E-state index in [4.69, 9.17) is 48.0 Å². The van der Waals surface area contributed by atoms with E-state index in [9.17, 15) is 14.4 Å². The maximum absolute atomic E-state index is 12.0. The fourth-order valence-electron chi connectivity index (χ4n) is 5.12. The highest BCUT2D eigenvalue weighted by Gasteiger charge is 2.11. The van der Waals surface area contributed by atoms with Crippen molar-refractivity contribution in [1.29, 1.82) is 10.8 Å². The Morgan fingerprint density at radius 2 is 0.649 bits per heavy atom. The van der Waals surface area contributed by atoms with Crippen molar-refractivity contribution in [2.24, 2.45) is 44.2 Å². The summed E-state index contributed by atoms with van der Waals surface area (Å²) in [7, 11) is 0. The molecule has 7 aromatic rings. The van der Waals surface area contributed by atoms with E-state index < -0.39 is 11.9 Å². The van der Waals surface area contributed by atoms with Crippen LogP contribution in [-0.2, 0) is 0 Å². The molecule has 0 fully saturated rings. The molecule has 0 aromatic heterocycles. The van der Waals surface area contributed by atoms with Crippen molar-refractivity contribution in [2.45, 2.75) is 83.1 Å². The topological polar surface area (TPSA) is 243 Å². The molecule has 0 aliphatic heterocycles. The Morgan fingerprint density at radius 1 is 0.365 bits per heavy atom. The van der Waals surface area contributed by atoms with Crippen molar-refractivity contribution in [1.82, 2.24) is 0 Å². The average Bonchev–Trinajstić information content (AvgIpc) is 3.31. The minimum atomic E-state index is -0.411. The Labute approximate surface area is 438 Å². The number of nitrogens with zero attached hydrogens (tertiary/aromatic N) is 1. The number of carbonyl (C=O) groups is 3. The normalized spacial score (nSPS) is 10.4. The third-order valence-electron chi connectivity index (χ3n) is 8.04. The molecule has 0 spiro atoms. The van der Waals surface area contributed by atoms with Gasteiger partial charge in [0.2, 0.25) is 0 Å². The first-order chi connectivity index (χ1) is 34.4. The number of rotatable bonds is 9. The van der Waals surface area contributed by atoms with Gasteiger partial charge in [-0.25, -0.2) is 19.4 Å². The number of benzene rings is 7. The molecule has 0 saturated carbocycles. The van der Waals surface area contributed by atoms with Gasteiger partial charge in [-0.15, -0.1) is 0 Å². The molecule has 7 aromatic carbocycles. The predicted octanol–water partition coefficient (Wildman–Crippen LogP) is 13.5. The van der Waals surface area contributed by atoms with Crippen molar-refractivity contribution in [3.05, 3.63) is 204 Å². The molecule has 390 valence electrons. The lowest BCUT2D eigenvalue weighted by molar-refractivity contribution is 0.0725. The van der Waals surface area contributed by atoms with E-state index in [-0.39, 0.29) is 23.6 Å². The number of guanidine groups is 1. The van der Waals surface area contributed by atoms with Crippen LogP contribution >= 0.6 is 0 Å². The molecule has 7 rings (SSSR count). The van der Waals surface area contributed by atoms with Crippen LogP contribution in [0.4, 0.5) is 5.69 Å². The molecule has 0 unspecified atom stereocenters. The first-order valence-corrected chi connectivity index (χ1v) is 23.8. The number of nitrogen functional groups attached to an aromatic ring is 2. The minimum Gasteiger partial charge on any atom is -0.423 e. The van der Waals surface area contributed by atoms with Crippen LogP contribution in [0.3, 0.4) is 0 Å². The molecule has 13 nitrogen and oxygen atoms in total. The molecule has 0 atom stereocenters. The standard InChI is InChI=1S/C18H14N2O2.C14H13N3O2.C14H12N2O2.3C5H12/c19-17(20)15-7-6-14-11-16(9-8-13(14)10-15)22-18(21)12-4-2-1-3-5-12;15-14(16)17-11-6-8-12(9-7-11)19-13(18)10-4-2-1-3-5-10;15-13(16)10-6-8-12(9-7-10)18-14(17)11-4-2-1-3-5-11;3*1-5(2,3)4/h1-11H,(H3,19,20);1-9H,(H4,15,16,17);1-9H,(H3,15,16);3*1-4H3. The predicted molar refractivity (Wildman–Crippen MR) is 304 cm³/mol. The summed E-state index contributed by atoms with van der Waals surface area (Å²) in [5.41, 5.74) is 26.2. The third-order valence-corrected chi connectivity index (χ3v) is 8.04. The second kappa shape index (κ2) is 29.7. The SMILES string of the molecule is CC(C)(C)C.CC(C)(C)C.CC(C)(C)C.N=C(N)c1ccc(OC(=O)c2ccccc2)cc1.N=C(N)c1ccc2cc(OC(=O)c3ccccc3)ccc2c1.NC(N)=Nc1ccc(OC(=O)c2ccccc2)cc1. The van der Waals surface area contributed by atoms with Gasteiger partial charge in [-0.3, -0.25) is 10.8 Å². The lowest BCUT2D eigenvalue weighted by Gasteiger charge is -2.07. The molecular formula is C61H75N7O6. The highest BCUT2D eigenvalue weighted by Crippen LogP contribution is 2.24. The molecular weight excluding hydrogens is 927 g/mol. The Balaban J connectivity index is 0.000000335. The summed E-state index contributed by atoms with van der Waals surface area (Å²) in [6.07, 6.45) is 0. The molecule has 0 radical (unpaired) electrons. The monoisotopic (exact) mass is 1000 g/mol. The molecule has 74 heavy (non-hydrogen) atoms. The van der Waals surface area contributed by atoms with Crippen LogP contribution < -0.4 is 37.1 Å². The van der Waals surface area contributed by atoms with Gasteiger partial charge in [0, 0.05) is 11.1 Å². The zero-order valence-corrected chi connectivity index (χ0v) is 44.9. The number of amidine groups is 2. The van der Waals surface area contributed by atoms with Crippen LogP contribution in [0.2, 0.25) is 0 Å². The van der Waals surface area contributed by atoms with Crippen LogP contribution in [-0.4, -0.2) is 35.5 Å². The van der Waals surface area contributed by atoms with Gasteiger partial charge >= 0.3 is 17.9 Å². The molecule has 10 N–H and O–H groups in total. The largest absolute Gasteiger partial charge is 0.423 e. The van der Waals surface area contributed by atoms with Crippen LogP contribution in [0, 0.1) is 27.1 Å². The third kappa shape index (κ3) is 28.3. The van der Waals surface area contributed by atoms with E-state index in [2.05, 4.69) is 88.1 Å². The van der Waals surface area contributed by atoms with Crippen molar-refractivity contribution in [3.63, 3.8) is 0 Å². The number of aliphatic imine (C=N–C) groups is 1. The van der Waals surface area contributed by atoms with Crippen molar-refractivity contribution in [3.8, 4) is 17.2 Å². The molecule has 0 heterocycles. The van der Waals surface area contributed by atoms with Crippen LogP contribution in [0.5, 0.6) is 17.2 Å². The minimum absolute atomic E-state index is 0.0177. The van der Waals surface area contributed by atoms with Gasteiger partial charge in [0.15, 0.2) is 5.96 Å². The number of nitrogens with one attached hydrogen (secondary N) is 2. The smallest absolute Gasteiger partial charge is 0.343 e. The molecule has 0 bridgehead atoms. The van der Waals surface area contributed by atoms with Crippen LogP contribution in [0.1, 0.15) is 125 Å². The van der Waals surface area contributed by atoms with E-state index in [1.165, 1.54) is 0 Å². The zero-order chi connectivity index (χ0) is 55.6. The summed E-state index contributed by atoms with van der Waals surface area (Å²) >= 11 is 0. The van der Waals surface area contributed by atoms with Gasteiger partial charge in [0.1, 0.15) is 28.9 Å². The number of ether oxygens (including phenoxy) is 3. The summed E-state index contributed by atoms with van der Waals surface area (Å²) in [6, 6.07) is 50.3. The highest BCUT2D eigenvalue weighted by atomic mass is 16.5. The van der Waals surface area contributed by atoms with E-state index in [0.29, 0.717) is 67.0 Å². The Morgan fingerprint density at radius 3 is 0.986 bits per heavy atom. The number of carbonyl (C=O) groups excluding carboxylic acids is 3. The summed E-state index contributed by atoms with van der Waals surface area (Å²) in [4.78, 5) is 39.4. The fraction of sp³-hybridized carbons (Fsp3) is 0.246. The molecule has 0 amide bonds. The lowest BCUT2D eigenvalue weighted by atomic mass is 10.0. The molecule has 0 saturated heterocycles. The number of esters is 3. The van der Waals surface area contributed by atoms with Crippen molar-refractivity contribution >= 4 is 52.0 Å². The van der Waals surface area contributed by atoms with Gasteiger partial charge in [0.25, 0.3) is 0 Å². The fourth-order valence-corrected chi connectivity index (χ4v) is 5.12. The van der Waals surface area contributed by atoms with E-state index >= 15 is 0 Å². The zero-order valence-electron chi connectivity index (χ0n) is 44.9. The summed E-state index contributed by atoms with van der Waals surface area (Å²) in [6.45, 7) is 26.2. The lowest BCUT2D eigenvalue weighted by Crippen LogP contribution is -2.21. The van der Waals surface area contributed by atoms with Crippen LogP contribution in [0.25, 0.3) is 10.8 Å². The average molecular weight is 1000 g/mol. The molecule has 13 heteroatoms. The summed E-state index contributed by atoms with van der Waals surface area (Å²) in [5, 5.41) is 16.6. The van der Waals surface area contributed by atoms with Gasteiger partial charge in [-0.1, -0.05) is 156 Å². The maximum atomic E-state index is 12.0.